The Morgan fingerprint density at radius 2 is 1.88 bits per heavy atom. The molecule has 2 aromatic rings. The standard InChI is InChI=1S/C22H29N3O/c1-16-10-11-19(17(2)15-16)21-20-9-6-12-24(20)13-14-25(21)22(26)23-18-7-4-3-5-8-18/h6,9-12,15,18,21H,3-5,7-8,13-14H2,1-2H3,(H,23,26). The molecule has 1 aliphatic heterocycles. The van der Waals surface area contributed by atoms with Crippen molar-refractivity contribution in [3.05, 3.63) is 58.9 Å². The van der Waals surface area contributed by atoms with Gasteiger partial charge in [0, 0.05) is 31.0 Å². The number of urea groups is 1. The summed E-state index contributed by atoms with van der Waals surface area (Å²) in [6, 6.07) is 11.2. The predicted octanol–water partition coefficient (Wildman–Crippen LogP) is 4.55. The Labute approximate surface area is 156 Å². The Hall–Kier alpha value is -2.23. The number of hydrogen-bond acceptors (Lipinski definition) is 1. The van der Waals surface area contributed by atoms with E-state index in [1.807, 2.05) is 4.90 Å². The molecular weight excluding hydrogens is 322 g/mol. The van der Waals surface area contributed by atoms with Gasteiger partial charge in [-0.15, -0.1) is 0 Å². The lowest BCUT2D eigenvalue weighted by molar-refractivity contribution is 0.162. The zero-order chi connectivity index (χ0) is 18.1. The van der Waals surface area contributed by atoms with Crippen LogP contribution in [0.1, 0.15) is 60.5 Å². The molecule has 4 nitrogen and oxygen atoms in total. The maximum Gasteiger partial charge on any atom is 0.318 e. The molecule has 2 heterocycles. The van der Waals surface area contributed by atoms with Crippen molar-refractivity contribution >= 4 is 6.03 Å². The number of nitrogens with zero attached hydrogens (tertiary/aromatic N) is 2. The van der Waals surface area contributed by atoms with Gasteiger partial charge in [-0.3, -0.25) is 0 Å². The van der Waals surface area contributed by atoms with Crippen molar-refractivity contribution in [2.24, 2.45) is 0 Å². The summed E-state index contributed by atoms with van der Waals surface area (Å²) in [5, 5.41) is 3.32. The third-order valence-corrected chi connectivity index (χ3v) is 5.95. The number of carbonyl (C=O) groups excluding carboxylic acids is 1. The SMILES string of the molecule is Cc1ccc(C2c3cccn3CCN2C(=O)NC2CCCCC2)c(C)c1. The molecule has 0 spiro atoms. The van der Waals surface area contributed by atoms with Gasteiger partial charge in [0.25, 0.3) is 0 Å². The van der Waals surface area contributed by atoms with E-state index in [2.05, 4.69) is 60.3 Å². The minimum Gasteiger partial charge on any atom is -0.348 e. The second-order valence-corrected chi connectivity index (χ2v) is 7.87. The van der Waals surface area contributed by atoms with E-state index < -0.39 is 0 Å². The van der Waals surface area contributed by atoms with Crippen LogP contribution < -0.4 is 5.32 Å². The Kier molecular flexibility index (Phi) is 4.75. The topological polar surface area (TPSA) is 37.3 Å². The van der Waals surface area contributed by atoms with E-state index in [9.17, 15) is 4.79 Å². The van der Waals surface area contributed by atoms with Gasteiger partial charge in [0.2, 0.25) is 0 Å². The Balaban J connectivity index is 1.65. The Morgan fingerprint density at radius 3 is 2.65 bits per heavy atom. The lowest BCUT2D eigenvalue weighted by atomic mass is 9.94. The van der Waals surface area contributed by atoms with Crippen LogP contribution in [0.3, 0.4) is 0 Å². The van der Waals surface area contributed by atoms with Gasteiger partial charge in [-0.25, -0.2) is 4.79 Å². The molecule has 1 N–H and O–H groups in total. The first kappa shape index (κ1) is 17.2. The van der Waals surface area contributed by atoms with Crippen molar-refractivity contribution < 1.29 is 4.79 Å². The average molecular weight is 351 g/mol. The van der Waals surface area contributed by atoms with Crippen molar-refractivity contribution in [3.8, 4) is 0 Å². The van der Waals surface area contributed by atoms with Crippen LogP contribution in [-0.2, 0) is 6.54 Å². The number of carbonyl (C=O) groups is 1. The van der Waals surface area contributed by atoms with Gasteiger partial charge in [-0.1, -0.05) is 43.0 Å². The third kappa shape index (κ3) is 3.25. The van der Waals surface area contributed by atoms with Crippen molar-refractivity contribution in [2.45, 2.75) is 64.6 Å². The smallest absolute Gasteiger partial charge is 0.318 e. The van der Waals surface area contributed by atoms with Crippen LogP contribution in [0.4, 0.5) is 4.79 Å². The van der Waals surface area contributed by atoms with Crippen LogP contribution >= 0.6 is 0 Å². The third-order valence-electron chi connectivity index (χ3n) is 5.95. The molecule has 138 valence electrons. The molecule has 2 aliphatic rings. The summed E-state index contributed by atoms with van der Waals surface area (Å²) in [6.07, 6.45) is 8.12. The van der Waals surface area contributed by atoms with Crippen LogP contribution in [0, 0.1) is 13.8 Å². The molecule has 4 rings (SSSR count). The van der Waals surface area contributed by atoms with Gasteiger partial charge in [-0.2, -0.15) is 0 Å². The first-order valence-corrected chi connectivity index (χ1v) is 9.93. The minimum absolute atomic E-state index is 0.0112. The highest BCUT2D eigenvalue weighted by Gasteiger charge is 2.33. The van der Waals surface area contributed by atoms with Crippen molar-refractivity contribution in [1.82, 2.24) is 14.8 Å². The highest BCUT2D eigenvalue weighted by molar-refractivity contribution is 5.76. The summed E-state index contributed by atoms with van der Waals surface area (Å²) in [5.74, 6) is 0. The van der Waals surface area contributed by atoms with Gasteiger partial charge in [-0.05, 0) is 49.9 Å². The predicted molar refractivity (Wildman–Crippen MR) is 104 cm³/mol. The van der Waals surface area contributed by atoms with Crippen LogP contribution in [-0.4, -0.2) is 28.1 Å². The number of fused-ring (bicyclic) bond motifs is 1. The number of aryl methyl sites for hydroxylation is 2. The number of hydrogen-bond donors (Lipinski definition) is 1. The molecule has 1 unspecified atom stereocenters. The lowest BCUT2D eigenvalue weighted by Gasteiger charge is -2.39. The van der Waals surface area contributed by atoms with E-state index in [0.29, 0.717) is 6.04 Å². The molecule has 1 aliphatic carbocycles. The number of amides is 2. The molecule has 0 saturated heterocycles. The normalized spacial score (nSPS) is 20.7. The first-order chi connectivity index (χ1) is 12.6. The molecule has 0 radical (unpaired) electrons. The Bertz CT molecular complexity index is 788. The summed E-state index contributed by atoms with van der Waals surface area (Å²) in [4.78, 5) is 15.2. The van der Waals surface area contributed by atoms with Gasteiger partial charge in [0.05, 0.1) is 6.04 Å². The fourth-order valence-corrected chi connectivity index (χ4v) is 4.57. The second kappa shape index (κ2) is 7.18. The maximum absolute atomic E-state index is 13.2. The second-order valence-electron chi connectivity index (χ2n) is 7.87. The van der Waals surface area contributed by atoms with Crippen molar-refractivity contribution in [3.63, 3.8) is 0 Å². The fourth-order valence-electron chi connectivity index (χ4n) is 4.57. The highest BCUT2D eigenvalue weighted by atomic mass is 16.2. The Morgan fingerprint density at radius 1 is 1.08 bits per heavy atom. The van der Waals surface area contributed by atoms with Crippen LogP contribution in [0.5, 0.6) is 0 Å². The van der Waals surface area contributed by atoms with Crippen LogP contribution in [0.15, 0.2) is 36.5 Å². The molecule has 1 fully saturated rings. The van der Waals surface area contributed by atoms with Crippen LogP contribution in [0.2, 0.25) is 0 Å². The van der Waals surface area contributed by atoms with E-state index in [-0.39, 0.29) is 12.1 Å². The van der Waals surface area contributed by atoms with Crippen molar-refractivity contribution in [1.29, 1.82) is 0 Å². The van der Waals surface area contributed by atoms with Crippen molar-refractivity contribution in [2.75, 3.05) is 6.54 Å². The van der Waals surface area contributed by atoms with E-state index in [1.54, 1.807) is 0 Å². The summed E-state index contributed by atoms with van der Waals surface area (Å²) >= 11 is 0. The van der Waals surface area contributed by atoms with E-state index in [0.717, 1.165) is 25.9 Å². The molecule has 1 atom stereocenters. The zero-order valence-corrected chi connectivity index (χ0v) is 15.9. The minimum atomic E-state index is -0.0112. The summed E-state index contributed by atoms with van der Waals surface area (Å²) in [7, 11) is 0. The number of aromatic nitrogens is 1. The van der Waals surface area contributed by atoms with E-state index in [1.165, 1.54) is 41.6 Å². The van der Waals surface area contributed by atoms with E-state index >= 15 is 0 Å². The summed E-state index contributed by atoms with van der Waals surface area (Å²) in [6.45, 7) is 5.88. The lowest BCUT2D eigenvalue weighted by Crippen LogP contribution is -2.50. The van der Waals surface area contributed by atoms with Gasteiger partial charge < -0.3 is 14.8 Å². The van der Waals surface area contributed by atoms with Crippen LogP contribution in [0.25, 0.3) is 0 Å². The quantitative estimate of drug-likeness (QED) is 0.846. The summed E-state index contributed by atoms with van der Waals surface area (Å²) in [5.41, 5.74) is 4.95. The number of benzene rings is 1. The van der Waals surface area contributed by atoms with Gasteiger partial charge in [0.15, 0.2) is 0 Å². The molecular formula is C22H29N3O. The zero-order valence-electron chi connectivity index (χ0n) is 15.9. The molecule has 2 amide bonds. The molecule has 26 heavy (non-hydrogen) atoms. The number of rotatable bonds is 2. The number of nitrogens with one attached hydrogen (secondary N) is 1. The largest absolute Gasteiger partial charge is 0.348 e. The monoisotopic (exact) mass is 351 g/mol. The first-order valence-electron chi connectivity index (χ1n) is 9.93. The van der Waals surface area contributed by atoms with Gasteiger partial charge in [0.1, 0.15) is 0 Å². The van der Waals surface area contributed by atoms with Gasteiger partial charge >= 0.3 is 6.03 Å². The molecule has 1 aromatic carbocycles. The molecule has 1 saturated carbocycles. The summed E-state index contributed by atoms with van der Waals surface area (Å²) < 4.78 is 2.29. The average Bonchev–Trinajstić information content (AvgIpc) is 3.11. The molecule has 4 heteroatoms. The molecule has 0 bridgehead atoms. The molecule has 1 aromatic heterocycles. The van der Waals surface area contributed by atoms with E-state index in [4.69, 9.17) is 0 Å². The maximum atomic E-state index is 13.2. The fraction of sp³-hybridized carbons (Fsp3) is 0.500. The highest BCUT2D eigenvalue weighted by Crippen LogP contribution is 2.34.